The Hall–Kier alpha value is -3.22. The van der Waals surface area contributed by atoms with E-state index in [0.717, 1.165) is 27.8 Å². The van der Waals surface area contributed by atoms with Gasteiger partial charge in [-0.1, -0.05) is 84.1 Å². The lowest BCUT2D eigenvalue weighted by Crippen LogP contribution is -1.86. The monoisotopic (exact) mass is 443 g/mol. The maximum Gasteiger partial charge on any atom is 0.196 e. The van der Waals surface area contributed by atoms with Crippen LogP contribution < -0.4 is 0 Å². The molecule has 0 bridgehead atoms. The standard InChI is InChI=1S/C25H21N3OS2/c1-17-12-13-22-20(14-17)21(24(29)26-22)15-23(19-10-6-3-7-11-19)27-28-25(30)31-16-18-8-4-2-5-9-18/h2-15,26,29H,16H2,1H3/b23-15+,28-27?. The van der Waals surface area contributed by atoms with Crippen LogP contribution in [-0.4, -0.2) is 14.4 Å². The van der Waals surface area contributed by atoms with Crippen molar-refractivity contribution in [2.24, 2.45) is 10.2 Å². The molecule has 4 nitrogen and oxygen atoms in total. The van der Waals surface area contributed by atoms with Gasteiger partial charge in [0.25, 0.3) is 0 Å². The Balaban J connectivity index is 1.64. The minimum atomic E-state index is 0.102. The van der Waals surface area contributed by atoms with Crippen molar-refractivity contribution in [3.8, 4) is 5.88 Å². The average molecular weight is 444 g/mol. The summed E-state index contributed by atoms with van der Waals surface area (Å²) in [7, 11) is 0. The Bertz CT molecular complexity index is 1260. The molecule has 0 saturated carbocycles. The van der Waals surface area contributed by atoms with Crippen LogP contribution in [0.25, 0.3) is 22.7 Å². The molecule has 6 heteroatoms. The number of aromatic nitrogens is 1. The number of H-pyrrole nitrogens is 1. The number of thiocarbonyl (C=S) groups is 1. The lowest BCUT2D eigenvalue weighted by atomic mass is 10.1. The Kier molecular flexibility index (Phi) is 6.60. The van der Waals surface area contributed by atoms with E-state index in [2.05, 4.69) is 27.3 Å². The average Bonchev–Trinajstić information content (AvgIpc) is 3.10. The van der Waals surface area contributed by atoms with Gasteiger partial charge in [-0.3, -0.25) is 0 Å². The van der Waals surface area contributed by atoms with Crippen LogP contribution in [0.4, 0.5) is 0 Å². The minimum absolute atomic E-state index is 0.102. The SMILES string of the molecule is Cc1ccc2[nH]c(O)c(/C=C(/N=NC(=S)SCc3ccccc3)c3ccccc3)c2c1. The van der Waals surface area contributed by atoms with Gasteiger partial charge in [-0.2, -0.15) is 0 Å². The topological polar surface area (TPSA) is 60.7 Å². The number of aromatic amines is 1. The predicted octanol–water partition coefficient (Wildman–Crippen LogP) is 7.35. The van der Waals surface area contributed by atoms with Crippen molar-refractivity contribution in [2.45, 2.75) is 12.7 Å². The zero-order valence-electron chi connectivity index (χ0n) is 16.9. The molecule has 0 aliphatic rings. The van der Waals surface area contributed by atoms with E-state index in [4.69, 9.17) is 12.2 Å². The summed E-state index contributed by atoms with van der Waals surface area (Å²) in [5.41, 5.74) is 5.36. The molecular formula is C25H21N3OS2. The summed E-state index contributed by atoms with van der Waals surface area (Å²) >= 11 is 6.88. The lowest BCUT2D eigenvalue weighted by molar-refractivity contribution is 0.457. The highest BCUT2D eigenvalue weighted by Gasteiger charge is 2.11. The molecule has 0 fully saturated rings. The van der Waals surface area contributed by atoms with Gasteiger partial charge in [0.1, 0.15) is 0 Å². The van der Waals surface area contributed by atoms with Gasteiger partial charge in [0.15, 0.2) is 10.2 Å². The number of hydrogen-bond acceptors (Lipinski definition) is 4. The molecule has 2 N–H and O–H groups in total. The molecular weight excluding hydrogens is 422 g/mol. The second-order valence-electron chi connectivity index (χ2n) is 7.07. The molecule has 1 aromatic heterocycles. The molecule has 0 radical (unpaired) electrons. The summed E-state index contributed by atoms with van der Waals surface area (Å²) in [5.74, 6) is 0.844. The summed E-state index contributed by atoms with van der Waals surface area (Å²) in [5, 5.41) is 20.2. The molecule has 0 spiro atoms. The smallest absolute Gasteiger partial charge is 0.196 e. The van der Waals surface area contributed by atoms with Crippen molar-refractivity contribution >= 4 is 51.0 Å². The predicted molar refractivity (Wildman–Crippen MR) is 134 cm³/mol. The summed E-state index contributed by atoms with van der Waals surface area (Å²) in [4.78, 5) is 3.02. The maximum atomic E-state index is 10.5. The number of azo groups is 1. The Morgan fingerprint density at radius 1 is 1.00 bits per heavy atom. The van der Waals surface area contributed by atoms with Gasteiger partial charge < -0.3 is 10.1 Å². The number of aromatic hydroxyl groups is 1. The summed E-state index contributed by atoms with van der Waals surface area (Å²) in [6, 6.07) is 25.9. The largest absolute Gasteiger partial charge is 0.494 e. The molecule has 31 heavy (non-hydrogen) atoms. The van der Waals surface area contributed by atoms with E-state index >= 15 is 0 Å². The first kappa shape index (κ1) is 21.0. The highest BCUT2D eigenvalue weighted by molar-refractivity contribution is 8.22. The van der Waals surface area contributed by atoms with Gasteiger partial charge in [-0.15, -0.1) is 10.2 Å². The van der Waals surface area contributed by atoms with Gasteiger partial charge >= 0.3 is 0 Å². The summed E-state index contributed by atoms with van der Waals surface area (Å²) in [6.45, 7) is 2.02. The molecule has 0 aliphatic carbocycles. The molecule has 0 amide bonds. The zero-order valence-corrected chi connectivity index (χ0v) is 18.6. The summed E-state index contributed by atoms with van der Waals surface area (Å²) in [6.07, 6.45) is 1.84. The molecule has 0 unspecified atom stereocenters. The minimum Gasteiger partial charge on any atom is -0.494 e. The van der Waals surface area contributed by atoms with Crippen LogP contribution in [0.2, 0.25) is 0 Å². The molecule has 1 heterocycles. The number of rotatable bonds is 5. The normalized spacial score (nSPS) is 12.0. The van der Waals surface area contributed by atoms with E-state index in [1.165, 1.54) is 17.3 Å². The van der Waals surface area contributed by atoms with E-state index in [1.54, 1.807) is 0 Å². The highest BCUT2D eigenvalue weighted by Crippen LogP contribution is 2.32. The fraction of sp³-hybridized carbons (Fsp3) is 0.0800. The van der Waals surface area contributed by atoms with Crippen molar-refractivity contribution in [1.82, 2.24) is 4.98 Å². The number of benzene rings is 3. The Morgan fingerprint density at radius 2 is 1.71 bits per heavy atom. The molecule has 0 aliphatic heterocycles. The third-order valence-electron chi connectivity index (χ3n) is 4.77. The molecule has 154 valence electrons. The second-order valence-corrected chi connectivity index (χ2v) is 8.68. The molecule has 4 rings (SSSR count). The van der Waals surface area contributed by atoms with Crippen molar-refractivity contribution in [1.29, 1.82) is 0 Å². The van der Waals surface area contributed by atoms with Gasteiger partial charge in [0.05, 0.1) is 5.70 Å². The van der Waals surface area contributed by atoms with E-state index in [-0.39, 0.29) is 5.88 Å². The van der Waals surface area contributed by atoms with Crippen LogP contribution in [0, 0.1) is 6.92 Å². The van der Waals surface area contributed by atoms with E-state index in [9.17, 15) is 5.11 Å². The molecule has 0 atom stereocenters. The van der Waals surface area contributed by atoms with Crippen LogP contribution in [-0.2, 0) is 5.75 Å². The van der Waals surface area contributed by atoms with E-state index in [0.29, 0.717) is 15.6 Å². The quantitative estimate of drug-likeness (QED) is 0.250. The third-order valence-corrected chi connectivity index (χ3v) is 6.01. The lowest BCUT2D eigenvalue weighted by Gasteiger charge is -2.03. The third kappa shape index (κ3) is 5.29. The van der Waals surface area contributed by atoms with Crippen LogP contribution in [0.3, 0.4) is 0 Å². The number of thioether (sulfide) groups is 1. The summed E-state index contributed by atoms with van der Waals surface area (Å²) < 4.78 is 0.463. The Morgan fingerprint density at radius 3 is 2.45 bits per heavy atom. The van der Waals surface area contributed by atoms with Crippen LogP contribution >= 0.6 is 24.0 Å². The first-order valence-electron chi connectivity index (χ1n) is 9.81. The van der Waals surface area contributed by atoms with Crippen LogP contribution in [0.5, 0.6) is 5.88 Å². The van der Waals surface area contributed by atoms with Crippen molar-refractivity contribution in [2.75, 3.05) is 0 Å². The fourth-order valence-electron chi connectivity index (χ4n) is 3.22. The van der Waals surface area contributed by atoms with E-state index < -0.39 is 0 Å². The van der Waals surface area contributed by atoms with Gasteiger partial charge in [-0.05, 0) is 42.9 Å². The van der Waals surface area contributed by atoms with Crippen molar-refractivity contribution < 1.29 is 5.11 Å². The van der Waals surface area contributed by atoms with Crippen LogP contribution in [0.15, 0.2) is 89.1 Å². The van der Waals surface area contributed by atoms with E-state index in [1.807, 2.05) is 79.7 Å². The fourth-order valence-corrected chi connectivity index (χ4v) is 4.02. The zero-order chi connectivity index (χ0) is 21.6. The first-order valence-corrected chi connectivity index (χ1v) is 11.2. The Labute approximate surface area is 190 Å². The maximum absolute atomic E-state index is 10.5. The van der Waals surface area contributed by atoms with Crippen molar-refractivity contribution in [3.63, 3.8) is 0 Å². The number of nitrogens with one attached hydrogen (secondary N) is 1. The first-order chi connectivity index (χ1) is 15.1. The van der Waals surface area contributed by atoms with Crippen molar-refractivity contribution in [3.05, 3.63) is 101 Å². The van der Waals surface area contributed by atoms with Gasteiger partial charge in [0, 0.05) is 27.8 Å². The number of aryl methyl sites for hydroxylation is 1. The molecule has 0 saturated heterocycles. The molecule has 3 aromatic carbocycles. The number of hydrogen-bond donors (Lipinski definition) is 2. The van der Waals surface area contributed by atoms with Gasteiger partial charge in [-0.25, -0.2) is 0 Å². The highest BCUT2D eigenvalue weighted by atomic mass is 32.2. The van der Waals surface area contributed by atoms with Gasteiger partial charge in [0.2, 0.25) is 0 Å². The number of nitrogens with zero attached hydrogens (tertiary/aromatic N) is 2. The molecule has 4 aromatic rings. The number of fused-ring (bicyclic) bond motifs is 1. The van der Waals surface area contributed by atoms with Crippen LogP contribution in [0.1, 0.15) is 22.3 Å². The second kappa shape index (κ2) is 9.73.